The van der Waals surface area contributed by atoms with Crippen molar-refractivity contribution in [3.63, 3.8) is 0 Å². The van der Waals surface area contributed by atoms with Gasteiger partial charge in [-0.2, -0.15) is 0 Å². The highest BCUT2D eigenvalue weighted by Crippen LogP contribution is 2.25. The van der Waals surface area contributed by atoms with Crippen LogP contribution in [0.4, 0.5) is 8.78 Å². The minimum atomic E-state index is -0.756. The van der Waals surface area contributed by atoms with Gasteiger partial charge in [0.1, 0.15) is 11.6 Å². The molecule has 1 aliphatic heterocycles. The van der Waals surface area contributed by atoms with Crippen molar-refractivity contribution in [3.8, 4) is 11.3 Å². The Kier molecular flexibility index (Phi) is 7.36. The highest BCUT2D eigenvalue weighted by Gasteiger charge is 2.24. The molecule has 1 fully saturated rings. The van der Waals surface area contributed by atoms with Gasteiger partial charge >= 0.3 is 0 Å². The minimum absolute atomic E-state index is 0.0721. The molecule has 158 valence electrons. The quantitative estimate of drug-likeness (QED) is 0.695. The molecule has 1 atom stereocenters. The topological polar surface area (TPSA) is 58.4 Å². The van der Waals surface area contributed by atoms with Crippen LogP contribution in [0.5, 0.6) is 0 Å². The number of halogens is 2. The number of rotatable bonds is 8. The average molecular weight is 405 g/mol. The first-order chi connectivity index (χ1) is 14.0. The Morgan fingerprint density at radius 1 is 1.28 bits per heavy atom. The second-order valence-corrected chi connectivity index (χ2v) is 7.74. The molecule has 7 heteroatoms. The van der Waals surface area contributed by atoms with E-state index in [9.17, 15) is 13.6 Å². The van der Waals surface area contributed by atoms with Crippen molar-refractivity contribution in [2.24, 2.45) is 5.92 Å². The van der Waals surface area contributed by atoms with Gasteiger partial charge in [0.05, 0.1) is 5.56 Å². The van der Waals surface area contributed by atoms with Crippen LogP contribution in [0.15, 0.2) is 28.8 Å². The smallest absolute Gasteiger partial charge is 0.273 e. The number of benzene rings is 1. The highest BCUT2D eigenvalue weighted by atomic mass is 19.1. The molecule has 0 saturated carbocycles. The third-order valence-corrected chi connectivity index (χ3v) is 5.75. The van der Waals surface area contributed by atoms with Crippen molar-refractivity contribution in [1.29, 1.82) is 0 Å². The van der Waals surface area contributed by atoms with Gasteiger partial charge in [-0.3, -0.25) is 4.79 Å². The summed E-state index contributed by atoms with van der Waals surface area (Å²) in [5.41, 5.74) is 0.165. The zero-order valence-electron chi connectivity index (χ0n) is 17.1. The van der Waals surface area contributed by atoms with E-state index in [1.54, 1.807) is 0 Å². The normalized spacial score (nSPS) is 16.7. The lowest BCUT2D eigenvalue weighted by Crippen LogP contribution is -2.43. The molecular weight excluding hydrogens is 376 g/mol. The third kappa shape index (κ3) is 5.41. The number of aromatic nitrogens is 1. The summed E-state index contributed by atoms with van der Waals surface area (Å²) < 4.78 is 32.0. The largest absolute Gasteiger partial charge is 0.355 e. The molecule has 1 N–H and O–H groups in total. The summed E-state index contributed by atoms with van der Waals surface area (Å²) in [4.78, 5) is 14.9. The average Bonchev–Trinajstić information content (AvgIpc) is 3.20. The SMILES string of the molecule is CCCC(CC)N1CCC(CNC(=O)c2cc(-c3ccc(F)cc3F)on2)CC1. The maximum absolute atomic E-state index is 13.9. The molecule has 2 aromatic rings. The fraction of sp³-hybridized carbons (Fsp3) is 0.545. The first kappa shape index (κ1) is 21.4. The van der Waals surface area contributed by atoms with Crippen LogP contribution in [-0.4, -0.2) is 41.6 Å². The Labute approximate surface area is 170 Å². The van der Waals surface area contributed by atoms with Gasteiger partial charge in [-0.15, -0.1) is 0 Å². The van der Waals surface area contributed by atoms with Crippen molar-refractivity contribution in [3.05, 3.63) is 41.6 Å². The Morgan fingerprint density at radius 2 is 2.03 bits per heavy atom. The van der Waals surface area contributed by atoms with Gasteiger partial charge in [0.2, 0.25) is 0 Å². The number of likely N-dealkylation sites (tertiary alicyclic amines) is 1. The number of amides is 1. The zero-order valence-corrected chi connectivity index (χ0v) is 17.1. The van der Waals surface area contributed by atoms with Crippen molar-refractivity contribution in [2.75, 3.05) is 19.6 Å². The van der Waals surface area contributed by atoms with Crippen molar-refractivity contribution in [1.82, 2.24) is 15.4 Å². The summed E-state index contributed by atoms with van der Waals surface area (Å²) in [7, 11) is 0. The molecule has 1 aromatic heterocycles. The molecule has 1 unspecified atom stereocenters. The predicted octanol–water partition coefficient (Wildman–Crippen LogP) is 4.64. The maximum Gasteiger partial charge on any atom is 0.273 e. The first-order valence-corrected chi connectivity index (χ1v) is 10.5. The third-order valence-electron chi connectivity index (χ3n) is 5.75. The Balaban J connectivity index is 1.50. The van der Waals surface area contributed by atoms with Gasteiger partial charge in [0, 0.05) is 24.7 Å². The van der Waals surface area contributed by atoms with Crippen molar-refractivity contribution < 1.29 is 18.1 Å². The van der Waals surface area contributed by atoms with E-state index in [1.807, 2.05) is 0 Å². The van der Waals surface area contributed by atoms with Gasteiger partial charge in [-0.1, -0.05) is 25.4 Å². The molecule has 0 aliphatic carbocycles. The van der Waals surface area contributed by atoms with Gasteiger partial charge in [0.15, 0.2) is 11.5 Å². The molecule has 3 rings (SSSR count). The maximum atomic E-state index is 13.9. The van der Waals surface area contributed by atoms with E-state index in [0.717, 1.165) is 38.1 Å². The minimum Gasteiger partial charge on any atom is -0.355 e. The second kappa shape index (κ2) is 9.96. The second-order valence-electron chi connectivity index (χ2n) is 7.74. The monoisotopic (exact) mass is 405 g/mol. The number of nitrogens with one attached hydrogen (secondary N) is 1. The van der Waals surface area contributed by atoms with Crippen LogP contribution >= 0.6 is 0 Å². The molecule has 0 bridgehead atoms. The molecule has 1 aromatic carbocycles. The number of nitrogens with zero attached hydrogens (tertiary/aromatic N) is 2. The number of hydrogen-bond donors (Lipinski definition) is 1. The van der Waals surface area contributed by atoms with Crippen LogP contribution in [0.3, 0.4) is 0 Å². The van der Waals surface area contributed by atoms with Gasteiger partial charge in [0.25, 0.3) is 5.91 Å². The van der Waals surface area contributed by atoms with Gasteiger partial charge in [-0.05, 0) is 56.8 Å². The highest BCUT2D eigenvalue weighted by molar-refractivity contribution is 5.93. The predicted molar refractivity (Wildman–Crippen MR) is 107 cm³/mol. The molecule has 0 spiro atoms. The fourth-order valence-corrected chi connectivity index (χ4v) is 4.03. The van der Waals surface area contributed by atoms with Crippen LogP contribution in [-0.2, 0) is 0 Å². The van der Waals surface area contributed by atoms with E-state index in [-0.39, 0.29) is 22.9 Å². The van der Waals surface area contributed by atoms with E-state index in [1.165, 1.54) is 31.4 Å². The summed E-state index contributed by atoms with van der Waals surface area (Å²) in [6.07, 6.45) is 5.74. The summed E-state index contributed by atoms with van der Waals surface area (Å²) >= 11 is 0. The summed E-state index contributed by atoms with van der Waals surface area (Å²) in [5, 5.41) is 6.64. The molecule has 2 heterocycles. The standard InChI is InChI=1S/C22H29F2N3O2/c1-3-5-17(4-2)27-10-8-15(9-11-27)14-25-22(28)20-13-21(29-26-20)18-7-6-16(23)12-19(18)24/h6-7,12-13,15,17H,3-5,8-11,14H2,1-2H3,(H,25,28). The number of piperidine rings is 1. The summed E-state index contributed by atoms with van der Waals surface area (Å²) in [6.45, 7) is 7.19. The van der Waals surface area contributed by atoms with Crippen molar-refractivity contribution in [2.45, 2.75) is 52.0 Å². The number of carbonyl (C=O) groups excluding carboxylic acids is 1. The molecule has 1 amide bonds. The number of hydrogen-bond acceptors (Lipinski definition) is 4. The van der Waals surface area contributed by atoms with Crippen LogP contribution in [0.25, 0.3) is 11.3 Å². The van der Waals surface area contributed by atoms with E-state index in [0.29, 0.717) is 18.5 Å². The molecule has 1 aliphatic rings. The zero-order chi connectivity index (χ0) is 20.8. The van der Waals surface area contributed by atoms with Gasteiger partial charge in [-0.25, -0.2) is 8.78 Å². The first-order valence-electron chi connectivity index (χ1n) is 10.5. The number of carbonyl (C=O) groups is 1. The van der Waals surface area contributed by atoms with Crippen LogP contribution in [0.1, 0.15) is 56.4 Å². The fourth-order valence-electron chi connectivity index (χ4n) is 4.03. The van der Waals surface area contributed by atoms with E-state index < -0.39 is 11.6 Å². The van der Waals surface area contributed by atoms with Gasteiger partial charge < -0.3 is 14.7 Å². The summed E-state index contributed by atoms with van der Waals surface area (Å²) in [6, 6.07) is 5.22. The Bertz CT molecular complexity index is 816. The van der Waals surface area contributed by atoms with Crippen molar-refractivity contribution >= 4 is 5.91 Å². The van der Waals surface area contributed by atoms with E-state index in [4.69, 9.17) is 4.52 Å². The lowest BCUT2D eigenvalue weighted by atomic mass is 9.94. The molecule has 1 saturated heterocycles. The lowest BCUT2D eigenvalue weighted by molar-refractivity contribution is 0.0909. The van der Waals surface area contributed by atoms with Crippen LogP contribution in [0.2, 0.25) is 0 Å². The molecule has 29 heavy (non-hydrogen) atoms. The van der Waals surface area contributed by atoms with E-state index in [2.05, 4.69) is 29.2 Å². The summed E-state index contributed by atoms with van der Waals surface area (Å²) in [5.74, 6) is -1.23. The Hall–Kier alpha value is -2.28. The van der Waals surface area contributed by atoms with E-state index >= 15 is 0 Å². The molecular formula is C22H29F2N3O2. The van der Waals surface area contributed by atoms with Crippen LogP contribution in [0, 0.1) is 17.6 Å². The molecule has 5 nitrogen and oxygen atoms in total. The van der Waals surface area contributed by atoms with Crippen LogP contribution < -0.4 is 5.32 Å². The molecule has 0 radical (unpaired) electrons. The lowest BCUT2D eigenvalue weighted by Gasteiger charge is -2.37. The Morgan fingerprint density at radius 3 is 2.69 bits per heavy atom.